The molecule has 1 atom stereocenters. The Labute approximate surface area is 125 Å². The van der Waals surface area contributed by atoms with E-state index in [9.17, 15) is 0 Å². The maximum Gasteiger partial charge on any atom is 0.119 e. The van der Waals surface area contributed by atoms with Gasteiger partial charge in [-0.25, -0.2) is 0 Å². The van der Waals surface area contributed by atoms with Crippen molar-refractivity contribution in [2.24, 2.45) is 0 Å². The van der Waals surface area contributed by atoms with Crippen LogP contribution in [0.5, 0.6) is 5.75 Å². The number of para-hydroxylation sites is 1. The molecule has 0 heterocycles. The molecule has 0 saturated heterocycles. The van der Waals surface area contributed by atoms with Crippen LogP contribution in [0, 0.1) is 0 Å². The summed E-state index contributed by atoms with van der Waals surface area (Å²) in [5.41, 5.74) is 1.15. The molecule has 2 nitrogen and oxygen atoms in total. The van der Waals surface area contributed by atoms with Gasteiger partial charge in [0, 0.05) is 11.1 Å². The number of hydrogen-bond donors (Lipinski definition) is 1. The molecule has 2 aromatic carbocycles. The largest absolute Gasteiger partial charge is 0.492 e. The zero-order valence-corrected chi connectivity index (χ0v) is 12.4. The van der Waals surface area contributed by atoms with Gasteiger partial charge in [0.05, 0.1) is 0 Å². The van der Waals surface area contributed by atoms with Crippen LogP contribution in [0.3, 0.4) is 0 Å². The minimum absolute atomic E-state index is 0.250. The average Bonchev–Trinajstić information content (AvgIpc) is 2.48. The highest BCUT2D eigenvalue weighted by molar-refractivity contribution is 6.31. The zero-order valence-electron chi connectivity index (χ0n) is 11.7. The van der Waals surface area contributed by atoms with Crippen molar-refractivity contribution in [2.75, 3.05) is 13.2 Å². The molecule has 106 valence electrons. The smallest absolute Gasteiger partial charge is 0.119 e. The van der Waals surface area contributed by atoms with Crippen LogP contribution in [0.1, 0.15) is 12.5 Å². The number of benzene rings is 2. The molecule has 0 bridgehead atoms. The molecule has 0 aliphatic rings. The predicted molar refractivity (Wildman–Crippen MR) is 84.6 cm³/mol. The van der Waals surface area contributed by atoms with E-state index in [0.29, 0.717) is 6.61 Å². The van der Waals surface area contributed by atoms with Crippen LogP contribution in [0.4, 0.5) is 0 Å². The van der Waals surface area contributed by atoms with Crippen molar-refractivity contribution < 1.29 is 4.74 Å². The van der Waals surface area contributed by atoms with E-state index in [1.807, 2.05) is 48.5 Å². The molecule has 0 fully saturated rings. The topological polar surface area (TPSA) is 21.3 Å². The van der Waals surface area contributed by atoms with Gasteiger partial charge in [-0.05, 0) is 36.7 Å². The average molecular weight is 290 g/mol. The molecular formula is C17H20ClNO. The predicted octanol–water partition coefficient (Wildman–Crippen LogP) is 3.94. The van der Waals surface area contributed by atoms with E-state index in [2.05, 4.69) is 18.3 Å². The van der Waals surface area contributed by atoms with E-state index in [1.165, 1.54) is 0 Å². The molecular weight excluding hydrogens is 270 g/mol. The van der Waals surface area contributed by atoms with Crippen molar-refractivity contribution in [3.63, 3.8) is 0 Å². The summed E-state index contributed by atoms with van der Waals surface area (Å²) in [6.07, 6.45) is 0.861. The van der Waals surface area contributed by atoms with Gasteiger partial charge >= 0.3 is 0 Å². The minimum atomic E-state index is 0.250. The van der Waals surface area contributed by atoms with E-state index in [1.54, 1.807) is 0 Å². The summed E-state index contributed by atoms with van der Waals surface area (Å²) in [7, 11) is 0. The highest BCUT2D eigenvalue weighted by atomic mass is 35.5. The number of likely N-dealkylation sites (N-methyl/N-ethyl adjacent to an activating group) is 1. The molecule has 0 radical (unpaired) electrons. The fourth-order valence-corrected chi connectivity index (χ4v) is 2.33. The first-order valence-corrected chi connectivity index (χ1v) is 7.32. The fraction of sp³-hybridized carbons (Fsp3) is 0.294. The monoisotopic (exact) mass is 289 g/mol. The quantitative estimate of drug-likeness (QED) is 0.833. The van der Waals surface area contributed by atoms with Gasteiger partial charge in [0.2, 0.25) is 0 Å². The number of hydrogen-bond acceptors (Lipinski definition) is 2. The molecule has 0 aromatic heterocycles. The number of nitrogens with one attached hydrogen (secondary N) is 1. The van der Waals surface area contributed by atoms with Crippen LogP contribution in [-0.2, 0) is 6.42 Å². The summed E-state index contributed by atoms with van der Waals surface area (Å²) >= 11 is 6.22. The van der Waals surface area contributed by atoms with Gasteiger partial charge in [-0.1, -0.05) is 54.9 Å². The van der Waals surface area contributed by atoms with Gasteiger partial charge in [0.25, 0.3) is 0 Å². The number of rotatable bonds is 7. The van der Waals surface area contributed by atoms with Gasteiger partial charge in [-0.2, -0.15) is 0 Å². The van der Waals surface area contributed by atoms with E-state index in [0.717, 1.165) is 29.3 Å². The fourth-order valence-electron chi connectivity index (χ4n) is 2.12. The lowest BCUT2D eigenvalue weighted by Crippen LogP contribution is -2.36. The van der Waals surface area contributed by atoms with Crippen molar-refractivity contribution >= 4 is 11.6 Å². The van der Waals surface area contributed by atoms with E-state index >= 15 is 0 Å². The third-order valence-corrected chi connectivity index (χ3v) is 3.48. The first-order valence-electron chi connectivity index (χ1n) is 6.94. The van der Waals surface area contributed by atoms with Crippen LogP contribution >= 0.6 is 11.6 Å². The lowest BCUT2D eigenvalue weighted by atomic mass is 10.1. The Balaban J connectivity index is 1.95. The van der Waals surface area contributed by atoms with Gasteiger partial charge in [-0.15, -0.1) is 0 Å². The second-order valence-electron chi connectivity index (χ2n) is 4.67. The Morgan fingerprint density at radius 1 is 1.05 bits per heavy atom. The summed E-state index contributed by atoms with van der Waals surface area (Å²) < 4.78 is 5.83. The molecule has 0 spiro atoms. The van der Waals surface area contributed by atoms with Gasteiger partial charge < -0.3 is 10.1 Å². The van der Waals surface area contributed by atoms with Crippen LogP contribution in [0.15, 0.2) is 54.6 Å². The van der Waals surface area contributed by atoms with E-state index in [4.69, 9.17) is 16.3 Å². The van der Waals surface area contributed by atoms with Gasteiger partial charge in [0.15, 0.2) is 0 Å². The summed E-state index contributed by atoms with van der Waals surface area (Å²) in [5, 5.41) is 4.26. The van der Waals surface area contributed by atoms with Crippen molar-refractivity contribution in [1.82, 2.24) is 5.32 Å². The third kappa shape index (κ3) is 4.55. The highest BCUT2D eigenvalue weighted by Crippen LogP contribution is 2.17. The minimum Gasteiger partial charge on any atom is -0.492 e. The Hall–Kier alpha value is -1.51. The maximum absolute atomic E-state index is 6.22. The summed E-state index contributed by atoms with van der Waals surface area (Å²) in [5.74, 6) is 0.898. The SMILES string of the molecule is CCNC(COc1ccccc1)Cc1ccccc1Cl. The lowest BCUT2D eigenvalue weighted by molar-refractivity contribution is 0.265. The van der Waals surface area contributed by atoms with Crippen LogP contribution in [-0.4, -0.2) is 19.2 Å². The number of ether oxygens (including phenoxy) is 1. The first kappa shape index (κ1) is 14.9. The molecule has 0 amide bonds. The lowest BCUT2D eigenvalue weighted by Gasteiger charge is -2.19. The molecule has 20 heavy (non-hydrogen) atoms. The van der Waals surface area contributed by atoms with Crippen molar-refractivity contribution in [1.29, 1.82) is 0 Å². The zero-order chi connectivity index (χ0) is 14.2. The first-order chi connectivity index (χ1) is 9.79. The van der Waals surface area contributed by atoms with Crippen LogP contribution in [0.25, 0.3) is 0 Å². The van der Waals surface area contributed by atoms with E-state index in [-0.39, 0.29) is 6.04 Å². The molecule has 3 heteroatoms. The summed E-state index contributed by atoms with van der Waals surface area (Å²) in [6.45, 7) is 3.64. The highest BCUT2D eigenvalue weighted by Gasteiger charge is 2.11. The molecule has 0 aliphatic heterocycles. The summed E-state index contributed by atoms with van der Waals surface area (Å²) in [4.78, 5) is 0. The molecule has 1 unspecified atom stereocenters. The molecule has 1 N–H and O–H groups in total. The molecule has 2 rings (SSSR count). The number of halogens is 1. The van der Waals surface area contributed by atoms with Crippen LogP contribution < -0.4 is 10.1 Å². The third-order valence-electron chi connectivity index (χ3n) is 3.11. The second kappa shape index (κ2) is 7.93. The molecule has 0 aliphatic carbocycles. The standard InChI is InChI=1S/C17H20ClNO/c1-2-19-15(12-14-8-6-7-11-17(14)18)13-20-16-9-4-3-5-10-16/h3-11,15,19H,2,12-13H2,1H3. The van der Waals surface area contributed by atoms with Gasteiger partial charge in [0.1, 0.15) is 12.4 Å². The Bertz CT molecular complexity index is 515. The molecule has 2 aromatic rings. The second-order valence-corrected chi connectivity index (χ2v) is 5.08. The Morgan fingerprint density at radius 2 is 1.75 bits per heavy atom. The van der Waals surface area contributed by atoms with Crippen molar-refractivity contribution in [3.8, 4) is 5.75 Å². The Morgan fingerprint density at radius 3 is 2.45 bits per heavy atom. The summed E-state index contributed by atoms with van der Waals surface area (Å²) in [6, 6.07) is 18.1. The van der Waals surface area contributed by atoms with Crippen molar-refractivity contribution in [2.45, 2.75) is 19.4 Å². The van der Waals surface area contributed by atoms with E-state index < -0.39 is 0 Å². The van der Waals surface area contributed by atoms with Crippen molar-refractivity contribution in [3.05, 3.63) is 65.2 Å². The maximum atomic E-state index is 6.22. The van der Waals surface area contributed by atoms with Crippen LogP contribution in [0.2, 0.25) is 5.02 Å². The van der Waals surface area contributed by atoms with Gasteiger partial charge in [-0.3, -0.25) is 0 Å². The normalized spacial score (nSPS) is 12.1. The Kier molecular flexibility index (Phi) is 5.90. The molecule has 0 saturated carbocycles.